The van der Waals surface area contributed by atoms with Crippen LogP contribution in [0.25, 0.3) is 0 Å². The highest BCUT2D eigenvalue weighted by Gasteiger charge is 2.17. The number of amidine groups is 1. The van der Waals surface area contributed by atoms with Gasteiger partial charge in [0.05, 0.1) is 38.9 Å². The highest BCUT2D eigenvalue weighted by atomic mass is 32.2. The molecule has 21 heavy (non-hydrogen) atoms. The van der Waals surface area contributed by atoms with Gasteiger partial charge >= 0.3 is 0 Å². The Hall–Kier alpha value is -2.22. The Morgan fingerprint density at radius 2 is 1.90 bits per heavy atom. The van der Waals surface area contributed by atoms with Crippen molar-refractivity contribution in [2.24, 2.45) is 10.2 Å². The van der Waals surface area contributed by atoms with Gasteiger partial charge in [0.15, 0.2) is 16.7 Å². The Bertz CT molecular complexity index is 601. The van der Waals surface area contributed by atoms with Crippen molar-refractivity contribution in [1.82, 2.24) is 5.32 Å². The Morgan fingerprint density at radius 1 is 1.19 bits per heavy atom. The van der Waals surface area contributed by atoms with Gasteiger partial charge in [-0.2, -0.15) is 5.10 Å². The summed E-state index contributed by atoms with van der Waals surface area (Å²) in [5.74, 6) is 1.94. The molecule has 1 fully saturated rings. The van der Waals surface area contributed by atoms with Crippen LogP contribution in [0.3, 0.4) is 0 Å². The van der Waals surface area contributed by atoms with Crippen LogP contribution >= 0.6 is 11.8 Å². The zero-order chi connectivity index (χ0) is 15.2. The smallest absolute Gasteiger partial charge is 0.236 e. The molecule has 8 heteroatoms. The van der Waals surface area contributed by atoms with Crippen LogP contribution in [0.5, 0.6) is 17.2 Å². The van der Waals surface area contributed by atoms with Gasteiger partial charge in [-0.15, -0.1) is 5.10 Å². The largest absolute Gasteiger partial charge is 0.496 e. The molecule has 1 aliphatic heterocycles. The molecule has 1 heterocycles. The van der Waals surface area contributed by atoms with Crippen molar-refractivity contribution in [3.63, 3.8) is 0 Å². The number of amides is 1. The maximum atomic E-state index is 11.0. The maximum Gasteiger partial charge on any atom is 0.236 e. The van der Waals surface area contributed by atoms with E-state index >= 15 is 0 Å². The minimum absolute atomic E-state index is 0.0782. The lowest BCUT2D eigenvalue weighted by Crippen LogP contribution is -2.19. The van der Waals surface area contributed by atoms with Crippen molar-refractivity contribution in [1.29, 1.82) is 0 Å². The molecule has 1 aliphatic rings. The van der Waals surface area contributed by atoms with Crippen LogP contribution in [0.2, 0.25) is 0 Å². The SMILES string of the molecule is COc1ccc(OC)c(OC)c1C=NN=C1NC(=O)CS1. The van der Waals surface area contributed by atoms with E-state index in [0.717, 1.165) is 0 Å². The van der Waals surface area contributed by atoms with Crippen LogP contribution in [-0.2, 0) is 4.79 Å². The Morgan fingerprint density at radius 3 is 2.48 bits per heavy atom. The monoisotopic (exact) mass is 309 g/mol. The van der Waals surface area contributed by atoms with Gasteiger partial charge in [-0.05, 0) is 12.1 Å². The third kappa shape index (κ3) is 3.46. The van der Waals surface area contributed by atoms with E-state index in [2.05, 4.69) is 15.5 Å². The molecule has 2 rings (SSSR count). The molecule has 0 radical (unpaired) electrons. The van der Waals surface area contributed by atoms with E-state index in [0.29, 0.717) is 33.7 Å². The van der Waals surface area contributed by atoms with E-state index in [1.54, 1.807) is 26.4 Å². The minimum atomic E-state index is -0.0782. The first-order valence-electron chi connectivity index (χ1n) is 6.02. The standard InChI is InChI=1S/C13H15N3O4S/c1-18-9-4-5-10(19-2)12(20-3)8(9)6-14-16-13-15-11(17)7-21-13/h4-6H,7H2,1-3H3,(H,15,16,17). The molecule has 1 saturated heterocycles. The van der Waals surface area contributed by atoms with Crippen LogP contribution in [0, 0.1) is 0 Å². The summed E-state index contributed by atoms with van der Waals surface area (Å²) in [5, 5.41) is 11.0. The second-order valence-corrected chi connectivity index (χ2v) is 4.87. The van der Waals surface area contributed by atoms with Gasteiger partial charge in [-0.1, -0.05) is 11.8 Å². The first-order valence-corrected chi connectivity index (χ1v) is 7.00. The minimum Gasteiger partial charge on any atom is -0.496 e. The van der Waals surface area contributed by atoms with Crippen LogP contribution in [-0.4, -0.2) is 44.4 Å². The third-order valence-corrected chi connectivity index (χ3v) is 3.55. The summed E-state index contributed by atoms with van der Waals surface area (Å²) >= 11 is 1.30. The van der Waals surface area contributed by atoms with Gasteiger partial charge < -0.3 is 19.5 Å². The summed E-state index contributed by atoms with van der Waals surface area (Å²) in [7, 11) is 4.64. The van der Waals surface area contributed by atoms with Gasteiger partial charge in [-0.25, -0.2) is 0 Å². The fourth-order valence-corrected chi connectivity index (χ4v) is 2.38. The van der Waals surface area contributed by atoms with Gasteiger partial charge in [0.2, 0.25) is 5.91 Å². The van der Waals surface area contributed by atoms with E-state index in [-0.39, 0.29) is 5.91 Å². The van der Waals surface area contributed by atoms with Gasteiger partial charge in [-0.3, -0.25) is 4.79 Å². The number of carbonyl (C=O) groups excluding carboxylic acids is 1. The molecule has 0 aliphatic carbocycles. The van der Waals surface area contributed by atoms with E-state index in [4.69, 9.17) is 14.2 Å². The van der Waals surface area contributed by atoms with Crippen LogP contribution in [0.1, 0.15) is 5.56 Å². The number of carbonyl (C=O) groups is 1. The van der Waals surface area contributed by atoms with Gasteiger partial charge in [0, 0.05) is 0 Å². The van der Waals surface area contributed by atoms with Crippen molar-refractivity contribution in [2.45, 2.75) is 0 Å². The summed E-state index contributed by atoms with van der Waals surface area (Å²) in [6, 6.07) is 3.50. The lowest BCUT2D eigenvalue weighted by Gasteiger charge is -2.13. The highest BCUT2D eigenvalue weighted by molar-refractivity contribution is 8.15. The Labute approximate surface area is 126 Å². The van der Waals surface area contributed by atoms with E-state index in [1.165, 1.54) is 25.1 Å². The fraction of sp³-hybridized carbons (Fsp3) is 0.308. The Kier molecular flexibility index (Phi) is 5.04. The molecule has 1 aromatic carbocycles. The summed E-state index contributed by atoms with van der Waals surface area (Å²) in [6.45, 7) is 0. The average Bonchev–Trinajstić information content (AvgIpc) is 2.92. The third-order valence-electron chi connectivity index (χ3n) is 2.69. The molecule has 0 atom stereocenters. The number of hydrogen-bond acceptors (Lipinski definition) is 7. The normalized spacial score (nSPS) is 16.3. The molecule has 1 aromatic rings. The van der Waals surface area contributed by atoms with Crippen molar-refractivity contribution in [3.8, 4) is 17.2 Å². The number of nitrogens with one attached hydrogen (secondary N) is 1. The van der Waals surface area contributed by atoms with Crippen LogP contribution in [0.4, 0.5) is 0 Å². The molecular formula is C13H15N3O4S. The topological polar surface area (TPSA) is 81.5 Å². The molecule has 0 aromatic heterocycles. The lowest BCUT2D eigenvalue weighted by molar-refractivity contribution is -0.116. The number of methoxy groups -OCH3 is 3. The number of nitrogens with zero attached hydrogens (tertiary/aromatic N) is 2. The number of thioether (sulfide) groups is 1. The van der Waals surface area contributed by atoms with Gasteiger partial charge in [0.1, 0.15) is 5.75 Å². The molecular weight excluding hydrogens is 294 g/mol. The maximum absolute atomic E-state index is 11.0. The average molecular weight is 309 g/mol. The number of ether oxygens (including phenoxy) is 3. The van der Waals surface area contributed by atoms with Crippen molar-refractivity contribution in [2.75, 3.05) is 27.1 Å². The zero-order valence-corrected chi connectivity index (χ0v) is 12.7. The number of benzene rings is 1. The molecule has 0 bridgehead atoms. The number of rotatable bonds is 5. The quantitative estimate of drug-likeness (QED) is 0.654. The summed E-state index contributed by atoms with van der Waals surface area (Å²) in [5.41, 5.74) is 0.609. The number of hydrogen-bond donors (Lipinski definition) is 1. The fourth-order valence-electron chi connectivity index (χ4n) is 1.75. The second kappa shape index (κ2) is 6.98. The van der Waals surface area contributed by atoms with E-state index in [1.807, 2.05) is 0 Å². The highest BCUT2D eigenvalue weighted by Crippen LogP contribution is 2.36. The molecule has 7 nitrogen and oxygen atoms in total. The molecule has 0 unspecified atom stereocenters. The zero-order valence-electron chi connectivity index (χ0n) is 11.9. The molecule has 0 spiro atoms. The Balaban J connectivity index is 2.31. The van der Waals surface area contributed by atoms with Crippen molar-refractivity contribution in [3.05, 3.63) is 17.7 Å². The first-order chi connectivity index (χ1) is 10.2. The molecule has 1 amide bonds. The molecule has 112 valence electrons. The van der Waals surface area contributed by atoms with Crippen molar-refractivity contribution < 1.29 is 19.0 Å². The first kappa shape index (κ1) is 15.2. The summed E-state index contributed by atoms with van der Waals surface area (Å²) in [4.78, 5) is 11.0. The lowest BCUT2D eigenvalue weighted by atomic mass is 10.1. The molecule has 0 saturated carbocycles. The summed E-state index contributed by atoms with van der Waals surface area (Å²) < 4.78 is 15.8. The van der Waals surface area contributed by atoms with E-state index < -0.39 is 0 Å². The second-order valence-electron chi connectivity index (χ2n) is 3.90. The predicted molar refractivity (Wildman–Crippen MR) is 81.7 cm³/mol. The predicted octanol–water partition coefficient (Wildman–Crippen LogP) is 1.27. The van der Waals surface area contributed by atoms with Gasteiger partial charge in [0.25, 0.3) is 0 Å². The summed E-state index contributed by atoms with van der Waals surface area (Å²) in [6.07, 6.45) is 1.50. The van der Waals surface area contributed by atoms with Crippen LogP contribution in [0.15, 0.2) is 22.3 Å². The van der Waals surface area contributed by atoms with Crippen LogP contribution < -0.4 is 19.5 Å². The molecule has 1 N–H and O–H groups in total. The van der Waals surface area contributed by atoms with Crippen molar-refractivity contribution >= 4 is 29.1 Å². The van der Waals surface area contributed by atoms with E-state index in [9.17, 15) is 4.79 Å².